The molecule has 0 radical (unpaired) electrons. The zero-order valence-corrected chi connectivity index (χ0v) is 17.2. The molecular formula is C23H33NO4. The SMILES string of the molecule is COc1cc(C(C)=O)ccc1OCCCC(=O)N1CCCC1C1CCCCC1. The van der Waals surface area contributed by atoms with Gasteiger partial charge in [0.25, 0.3) is 0 Å². The molecule has 1 aromatic rings. The number of amides is 1. The van der Waals surface area contributed by atoms with Crippen LogP contribution in [0.3, 0.4) is 0 Å². The first-order valence-corrected chi connectivity index (χ1v) is 10.7. The molecule has 1 amide bonds. The minimum absolute atomic E-state index is 0.00594. The summed E-state index contributed by atoms with van der Waals surface area (Å²) < 4.78 is 11.1. The van der Waals surface area contributed by atoms with E-state index < -0.39 is 0 Å². The Morgan fingerprint density at radius 1 is 1.07 bits per heavy atom. The van der Waals surface area contributed by atoms with Crippen molar-refractivity contribution < 1.29 is 19.1 Å². The number of carbonyl (C=O) groups is 2. The largest absolute Gasteiger partial charge is 0.493 e. The number of ketones is 1. The lowest BCUT2D eigenvalue weighted by molar-refractivity contribution is -0.133. The number of Topliss-reactive ketones (excluding diaryl/α,β-unsaturated/α-hetero) is 1. The van der Waals surface area contributed by atoms with E-state index in [2.05, 4.69) is 4.90 Å². The summed E-state index contributed by atoms with van der Waals surface area (Å²) >= 11 is 0. The van der Waals surface area contributed by atoms with Crippen LogP contribution in [0.15, 0.2) is 18.2 Å². The fraction of sp³-hybridized carbons (Fsp3) is 0.652. The molecule has 1 saturated carbocycles. The van der Waals surface area contributed by atoms with Crippen LogP contribution in [0, 0.1) is 5.92 Å². The summed E-state index contributed by atoms with van der Waals surface area (Å²) in [5.74, 6) is 2.14. The van der Waals surface area contributed by atoms with E-state index >= 15 is 0 Å². The minimum atomic E-state index is -0.00594. The van der Waals surface area contributed by atoms with Gasteiger partial charge in [0, 0.05) is 24.6 Å². The Morgan fingerprint density at radius 2 is 1.86 bits per heavy atom. The number of methoxy groups -OCH3 is 1. The lowest BCUT2D eigenvalue weighted by atomic mass is 9.83. The Labute approximate surface area is 168 Å². The molecule has 5 heteroatoms. The molecule has 1 aliphatic heterocycles. The van der Waals surface area contributed by atoms with Crippen molar-refractivity contribution in [2.45, 2.75) is 70.8 Å². The standard InChI is InChI=1S/C23H33NO4/c1-17(25)19-12-13-21(22(16-19)27-2)28-15-7-11-23(26)24-14-6-10-20(24)18-8-4-3-5-9-18/h12-13,16,18,20H,3-11,14-15H2,1-2H3. The van der Waals surface area contributed by atoms with Crippen LogP contribution in [0.1, 0.15) is 75.1 Å². The quantitative estimate of drug-likeness (QED) is 0.482. The molecular weight excluding hydrogens is 354 g/mol. The van der Waals surface area contributed by atoms with E-state index in [9.17, 15) is 9.59 Å². The first-order chi connectivity index (χ1) is 13.6. The van der Waals surface area contributed by atoms with Crippen molar-refractivity contribution in [1.29, 1.82) is 0 Å². The van der Waals surface area contributed by atoms with Gasteiger partial charge in [-0.1, -0.05) is 19.3 Å². The van der Waals surface area contributed by atoms with Crippen molar-refractivity contribution in [3.63, 3.8) is 0 Å². The molecule has 154 valence electrons. The van der Waals surface area contributed by atoms with Crippen LogP contribution < -0.4 is 9.47 Å². The molecule has 1 aromatic carbocycles. The smallest absolute Gasteiger partial charge is 0.222 e. The third-order valence-electron chi connectivity index (χ3n) is 6.18. The van der Waals surface area contributed by atoms with Crippen LogP contribution in [-0.4, -0.2) is 42.9 Å². The van der Waals surface area contributed by atoms with Crippen molar-refractivity contribution in [3.05, 3.63) is 23.8 Å². The van der Waals surface area contributed by atoms with Crippen molar-refractivity contribution in [2.24, 2.45) is 5.92 Å². The average Bonchev–Trinajstić information content (AvgIpc) is 3.21. The molecule has 0 spiro atoms. The summed E-state index contributed by atoms with van der Waals surface area (Å²) in [5.41, 5.74) is 0.599. The van der Waals surface area contributed by atoms with E-state index in [1.165, 1.54) is 45.4 Å². The van der Waals surface area contributed by atoms with Crippen molar-refractivity contribution in [1.82, 2.24) is 4.90 Å². The van der Waals surface area contributed by atoms with Gasteiger partial charge in [0.05, 0.1) is 13.7 Å². The van der Waals surface area contributed by atoms with E-state index in [0.29, 0.717) is 48.5 Å². The zero-order chi connectivity index (χ0) is 19.9. The molecule has 2 aliphatic rings. The molecule has 0 N–H and O–H groups in total. The molecule has 1 unspecified atom stereocenters. The van der Waals surface area contributed by atoms with E-state index in [0.717, 1.165) is 13.0 Å². The molecule has 1 saturated heterocycles. The highest BCUT2D eigenvalue weighted by molar-refractivity contribution is 5.94. The average molecular weight is 388 g/mol. The van der Waals surface area contributed by atoms with Crippen LogP contribution in [0.5, 0.6) is 11.5 Å². The molecule has 1 heterocycles. The van der Waals surface area contributed by atoms with Crippen LogP contribution in [0.25, 0.3) is 0 Å². The lowest BCUT2D eigenvalue weighted by Crippen LogP contribution is -2.40. The molecule has 2 fully saturated rings. The summed E-state index contributed by atoms with van der Waals surface area (Å²) in [7, 11) is 1.56. The number of hydrogen-bond acceptors (Lipinski definition) is 4. The third-order valence-corrected chi connectivity index (χ3v) is 6.18. The lowest BCUT2D eigenvalue weighted by Gasteiger charge is -2.34. The zero-order valence-electron chi connectivity index (χ0n) is 17.2. The highest BCUT2D eigenvalue weighted by Crippen LogP contribution is 2.34. The van der Waals surface area contributed by atoms with E-state index in [4.69, 9.17) is 9.47 Å². The summed E-state index contributed by atoms with van der Waals surface area (Å²) in [4.78, 5) is 26.4. The normalized spacial score (nSPS) is 20.2. The monoisotopic (exact) mass is 387 g/mol. The number of hydrogen-bond donors (Lipinski definition) is 0. The Morgan fingerprint density at radius 3 is 2.57 bits per heavy atom. The first-order valence-electron chi connectivity index (χ1n) is 10.7. The highest BCUT2D eigenvalue weighted by atomic mass is 16.5. The maximum absolute atomic E-state index is 12.8. The summed E-state index contributed by atoms with van der Waals surface area (Å²) in [5, 5.41) is 0. The topological polar surface area (TPSA) is 55.8 Å². The van der Waals surface area contributed by atoms with Crippen molar-refractivity contribution >= 4 is 11.7 Å². The van der Waals surface area contributed by atoms with Gasteiger partial charge < -0.3 is 14.4 Å². The number of ether oxygens (including phenoxy) is 2. The fourth-order valence-electron chi connectivity index (χ4n) is 4.67. The van der Waals surface area contributed by atoms with Gasteiger partial charge in [0.15, 0.2) is 17.3 Å². The Kier molecular flexibility index (Phi) is 7.35. The second-order valence-electron chi connectivity index (χ2n) is 8.07. The van der Waals surface area contributed by atoms with Gasteiger partial charge >= 0.3 is 0 Å². The van der Waals surface area contributed by atoms with Gasteiger partial charge in [0.2, 0.25) is 5.91 Å². The summed E-state index contributed by atoms with van der Waals surface area (Å²) in [6, 6.07) is 5.66. The van der Waals surface area contributed by atoms with E-state index in [1.807, 2.05) is 0 Å². The second-order valence-corrected chi connectivity index (χ2v) is 8.07. The minimum Gasteiger partial charge on any atom is -0.493 e. The van der Waals surface area contributed by atoms with Gasteiger partial charge in [-0.25, -0.2) is 0 Å². The molecule has 1 aliphatic carbocycles. The third kappa shape index (κ3) is 5.06. The van der Waals surface area contributed by atoms with Gasteiger partial charge in [-0.15, -0.1) is 0 Å². The summed E-state index contributed by atoms with van der Waals surface area (Å²) in [6.45, 7) is 2.91. The van der Waals surface area contributed by atoms with E-state index in [-0.39, 0.29) is 11.7 Å². The maximum atomic E-state index is 12.8. The summed E-state index contributed by atoms with van der Waals surface area (Å²) in [6.07, 6.45) is 10.1. The van der Waals surface area contributed by atoms with Crippen LogP contribution in [0.2, 0.25) is 0 Å². The molecule has 5 nitrogen and oxygen atoms in total. The Hall–Kier alpha value is -2.04. The van der Waals surface area contributed by atoms with Gasteiger partial charge in [-0.05, 0) is 63.1 Å². The number of carbonyl (C=O) groups excluding carboxylic acids is 2. The molecule has 1 atom stereocenters. The number of nitrogens with zero attached hydrogens (tertiary/aromatic N) is 1. The predicted octanol–water partition coefficient (Wildman–Crippen LogP) is 4.63. The van der Waals surface area contributed by atoms with Crippen LogP contribution in [-0.2, 0) is 4.79 Å². The van der Waals surface area contributed by atoms with Gasteiger partial charge in [0.1, 0.15) is 0 Å². The van der Waals surface area contributed by atoms with Gasteiger partial charge in [-0.3, -0.25) is 9.59 Å². The van der Waals surface area contributed by atoms with E-state index in [1.54, 1.807) is 25.3 Å². The van der Waals surface area contributed by atoms with Crippen LogP contribution >= 0.6 is 0 Å². The molecule has 0 aromatic heterocycles. The number of rotatable bonds is 8. The predicted molar refractivity (Wildman–Crippen MR) is 109 cm³/mol. The highest BCUT2D eigenvalue weighted by Gasteiger charge is 2.34. The van der Waals surface area contributed by atoms with Crippen molar-refractivity contribution in [2.75, 3.05) is 20.3 Å². The fourth-order valence-corrected chi connectivity index (χ4v) is 4.67. The van der Waals surface area contributed by atoms with Gasteiger partial charge in [-0.2, -0.15) is 0 Å². The maximum Gasteiger partial charge on any atom is 0.222 e. The molecule has 28 heavy (non-hydrogen) atoms. The molecule has 3 rings (SSSR count). The number of benzene rings is 1. The van der Waals surface area contributed by atoms with Crippen molar-refractivity contribution in [3.8, 4) is 11.5 Å². The Bertz CT molecular complexity index is 681. The number of likely N-dealkylation sites (tertiary alicyclic amines) is 1. The van der Waals surface area contributed by atoms with Crippen LogP contribution in [0.4, 0.5) is 0 Å². The first kappa shape index (κ1) is 20.7. The Balaban J connectivity index is 1.47. The molecule has 0 bridgehead atoms. The second kappa shape index (κ2) is 9.94.